The smallest absolute Gasteiger partial charge is 0.269 e. The highest BCUT2D eigenvalue weighted by Crippen LogP contribution is 2.20. The average molecular weight is 812 g/mol. The molecule has 1 saturated heterocycles. The number of carbonyl (C=O) groups is 3. The van der Waals surface area contributed by atoms with Crippen molar-refractivity contribution in [2.45, 2.75) is 58.5 Å². The van der Waals surface area contributed by atoms with Gasteiger partial charge in [-0.05, 0) is 61.2 Å². The van der Waals surface area contributed by atoms with Crippen molar-refractivity contribution in [1.82, 2.24) is 55.8 Å². The number of nitrogens with zero attached hydrogens (tertiary/aromatic N) is 8. The number of aromatic nitrogens is 7. The number of piperazine rings is 1. The summed E-state index contributed by atoms with van der Waals surface area (Å²) in [6.07, 6.45) is 12.2. The molecule has 1 aliphatic rings. The molecule has 5 N–H and O–H groups in total. The molecule has 0 radical (unpaired) electrons. The summed E-state index contributed by atoms with van der Waals surface area (Å²) >= 11 is 6.24. The van der Waals surface area contributed by atoms with E-state index in [4.69, 9.17) is 11.6 Å². The van der Waals surface area contributed by atoms with Gasteiger partial charge in [0.15, 0.2) is 5.15 Å². The van der Waals surface area contributed by atoms with E-state index in [-0.39, 0.29) is 40.7 Å². The van der Waals surface area contributed by atoms with Gasteiger partial charge >= 0.3 is 0 Å². The van der Waals surface area contributed by atoms with Gasteiger partial charge in [0.25, 0.3) is 17.4 Å². The normalized spacial score (nSPS) is 13.1. The SMILES string of the molecule is CCc1cc2ncc(CN3CCN(c4ccc(C(=O)NCCCCCCCNC(=O)c5ccc(NC(=O)CNCCn6ccnn6)c(Cl)n5)nc4)CC3)cc2[nH]c1=O. The Morgan fingerprint density at radius 3 is 2.29 bits per heavy atom. The molecule has 0 saturated carbocycles. The quantitative estimate of drug-likeness (QED) is 0.0568. The summed E-state index contributed by atoms with van der Waals surface area (Å²) in [4.78, 5) is 70.6. The van der Waals surface area contributed by atoms with E-state index in [2.05, 4.69) is 61.3 Å². The molecule has 3 amide bonds. The molecule has 0 aliphatic carbocycles. The number of nitrogens with one attached hydrogen (secondary N) is 5. The number of carbonyl (C=O) groups excluding carboxylic acids is 3. The van der Waals surface area contributed by atoms with Crippen molar-refractivity contribution in [2.75, 3.05) is 62.6 Å². The first kappa shape index (κ1) is 41.8. The highest BCUT2D eigenvalue weighted by atomic mass is 35.5. The molecular weight excluding hydrogens is 762 g/mol. The van der Waals surface area contributed by atoms with Crippen LogP contribution >= 0.6 is 11.6 Å². The van der Waals surface area contributed by atoms with Crippen LogP contribution in [0.2, 0.25) is 5.15 Å². The fraction of sp³-hybridized carbons (Fsp3) is 0.425. The van der Waals surface area contributed by atoms with Gasteiger partial charge in [0.1, 0.15) is 11.4 Å². The second-order valence-corrected chi connectivity index (χ2v) is 14.5. The molecule has 0 unspecified atom stereocenters. The van der Waals surface area contributed by atoms with Crippen molar-refractivity contribution in [2.24, 2.45) is 0 Å². The summed E-state index contributed by atoms with van der Waals surface area (Å²) < 4.78 is 1.66. The number of H-pyrrole nitrogens is 1. The molecule has 17 nitrogen and oxygen atoms in total. The van der Waals surface area contributed by atoms with Gasteiger partial charge in [-0.2, -0.15) is 0 Å². The Morgan fingerprint density at radius 2 is 1.60 bits per heavy atom. The van der Waals surface area contributed by atoms with Gasteiger partial charge in [-0.3, -0.25) is 33.7 Å². The number of amides is 3. The maximum atomic E-state index is 12.7. The van der Waals surface area contributed by atoms with E-state index in [1.54, 1.807) is 35.4 Å². The Kier molecular flexibility index (Phi) is 15.2. The van der Waals surface area contributed by atoms with Crippen LogP contribution in [0, 0.1) is 0 Å². The number of anilines is 2. The second kappa shape index (κ2) is 21.1. The van der Waals surface area contributed by atoms with Crippen LogP contribution in [0.3, 0.4) is 0 Å². The molecule has 1 aliphatic heterocycles. The number of rotatable bonds is 20. The molecule has 5 aromatic heterocycles. The van der Waals surface area contributed by atoms with E-state index in [1.807, 2.05) is 31.3 Å². The fourth-order valence-corrected chi connectivity index (χ4v) is 6.81. The van der Waals surface area contributed by atoms with E-state index < -0.39 is 0 Å². The molecule has 1 fully saturated rings. The number of pyridine rings is 4. The van der Waals surface area contributed by atoms with Gasteiger partial charge in [-0.1, -0.05) is 43.0 Å². The molecule has 0 spiro atoms. The number of aromatic amines is 1. The lowest BCUT2D eigenvalue weighted by atomic mass is 10.1. The van der Waals surface area contributed by atoms with Crippen LogP contribution < -0.4 is 31.7 Å². The summed E-state index contributed by atoms with van der Waals surface area (Å²) in [5.41, 5.74) is 5.20. The summed E-state index contributed by atoms with van der Waals surface area (Å²) in [7, 11) is 0. The van der Waals surface area contributed by atoms with Crippen molar-refractivity contribution < 1.29 is 14.4 Å². The van der Waals surface area contributed by atoms with Gasteiger partial charge in [0.2, 0.25) is 5.91 Å². The lowest BCUT2D eigenvalue weighted by Crippen LogP contribution is -2.46. The second-order valence-electron chi connectivity index (χ2n) is 14.1. The fourth-order valence-electron chi connectivity index (χ4n) is 6.61. The summed E-state index contributed by atoms with van der Waals surface area (Å²) in [5.74, 6) is -0.808. The minimum Gasteiger partial charge on any atom is -0.368 e. The monoisotopic (exact) mass is 811 g/mol. The first-order valence-electron chi connectivity index (χ1n) is 19.8. The third-order valence-corrected chi connectivity index (χ3v) is 10.2. The number of fused-ring (bicyclic) bond motifs is 1. The topological polar surface area (TPSA) is 208 Å². The Hall–Kier alpha value is -5.78. The number of hydrogen-bond donors (Lipinski definition) is 5. The minimum atomic E-state index is -0.335. The van der Waals surface area contributed by atoms with Crippen LogP contribution in [-0.4, -0.2) is 110 Å². The maximum Gasteiger partial charge on any atom is 0.269 e. The van der Waals surface area contributed by atoms with Crippen LogP contribution in [0.15, 0.2) is 66.0 Å². The van der Waals surface area contributed by atoms with Crippen molar-refractivity contribution in [3.63, 3.8) is 0 Å². The lowest BCUT2D eigenvalue weighted by Gasteiger charge is -2.36. The molecule has 0 atom stereocenters. The van der Waals surface area contributed by atoms with Crippen LogP contribution in [-0.2, 0) is 24.3 Å². The summed E-state index contributed by atoms with van der Waals surface area (Å²) in [5, 5.41) is 19.2. The summed E-state index contributed by atoms with van der Waals surface area (Å²) in [6.45, 7) is 8.40. The molecule has 306 valence electrons. The highest BCUT2D eigenvalue weighted by Gasteiger charge is 2.19. The Labute approximate surface area is 341 Å². The zero-order valence-corrected chi connectivity index (χ0v) is 33.4. The van der Waals surface area contributed by atoms with Crippen molar-refractivity contribution in [1.29, 1.82) is 0 Å². The van der Waals surface area contributed by atoms with E-state index in [1.165, 1.54) is 6.07 Å². The number of halogens is 1. The van der Waals surface area contributed by atoms with Gasteiger partial charge in [0, 0.05) is 70.3 Å². The molecule has 18 heteroatoms. The predicted molar refractivity (Wildman–Crippen MR) is 222 cm³/mol. The number of aryl methyl sites for hydroxylation is 1. The third-order valence-electron chi connectivity index (χ3n) is 9.89. The van der Waals surface area contributed by atoms with Gasteiger partial charge in [-0.15, -0.1) is 5.10 Å². The highest BCUT2D eigenvalue weighted by molar-refractivity contribution is 6.32. The van der Waals surface area contributed by atoms with E-state index >= 15 is 0 Å². The van der Waals surface area contributed by atoms with E-state index in [9.17, 15) is 19.2 Å². The van der Waals surface area contributed by atoms with E-state index in [0.29, 0.717) is 44.0 Å². The molecular formula is C40H50ClN13O4. The van der Waals surface area contributed by atoms with Crippen LogP contribution in [0.5, 0.6) is 0 Å². The molecule has 6 heterocycles. The van der Waals surface area contributed by atoms with Crippen LogP contribution in [0.25, 0.3) is 11.0 Å². The predicted octanol–water partition coefficient (Wildman–Crippen LogP) is 3.18. The first-order chi connectivity index (χ1) is 28.2. The Balaban J connectivity index is 0.798. The van der Waals surface area contributed by atoms with Crippen LogP contribution in [0.1, 0.15) is 71.1 Å². The molecule has 58 heavy (non-hydrogen) atoms. The lowest BCUT2D eigenvalue weighted by molar-refractivity contribution is -0.115. The van der Waals surface area contributed by atoms with Gasteiger partial charge in [0.05, 0.1) is 47.9 Å². The Morgan fingerprint density at radius 1 is 0.862 bits per heavy atom. The van der Waals surface area contributed by atoms with Gasteiger partial charge < -0.3 is 31.2 Å². The third kappa shape index (κ3) is 12.1. The molecule has 5 aromatic rings. The molecule has 0 aromatic carbocycles. The maximum absolute atomic E-state index is 12.7. The summed E-state index contributed by atoms with van der Waals surface area (Å²) in [6, 6.07) is 10.7. The molecule has 6 rings (SSSR count). The van der Waals surface area contributed by atoms with Gasteiger partial charge in [-0.25, -0.2) is 9.97 Å². The zero-order valence-electron chi connectivity index (χ0n) is 32.7. The largest absolute Gasteiger partial charge is 0.368 e. The zero-order chi connectivity index (χ0) is 40.7. The molecule has 0 bridgehead atoms. The Bertz CT molecular complexity index is 2190. The number of unbranched alkanes of at least 4 members (excludes halogenated alkanes) is 4. The van der Waals surface area contributed by atoms with Crippen molar-refractivity contribution in [3.8, 4) is 0 Å². The van der Waals surface area contributed by atoms with Crippen LogP contribution in [0.4, 0.5) is 11.4 Å². The average Bonchev–Trinajstić information content (AvgIpc) is 3.76. The first-order valence-corrected chi connectivity index (χ1v) is 20.2. The standard InChI is InChI=1S/C40H50ClN13O4/c1-2-29-23-34-35(50-38(29)56)22-28(24-45-34)27-52-18-20-53(21-19-52)30-8-9-32(46-25-30)39(57)43-12-6-4-3-5-7-13-44-40(58)33-11-10-31(37(41)49-33)48-36(55)26-42-14-16-54-17-15-47-51-54/h8-11,15,17,22-25,42H,2-7,12-14,16,18-21,26-27H2,1H3,(H,43,57)(H,44,58)(H,48,55)(H,50,56). The van der Waals surface area contributed by atoms with E-state index in [0.717, 1.165) is 92.7 Å². The van der Waals surface area contributed by atoms with Crippen molar-refractivity contribution in [3.05, 3.63) is 99.2 Å². The van der Waals surface area contributed by atoms with Crippen molar-refractivity contribution >= 4 is 51.7 Å². The minimum absolute atomic E-state index is 0.0354. The number of hydrogen-bond acceptors (Lipinski definition) is 12.